The van der Waals surface area contributed by atoms with E-state index < -0.39 is 0 Å². The number of nitro benzene ring substituents is 1. The van der Waals surface area contributed by atoms with Crippen LogP contribution in [0.15, 0.2) is 18.2 Å². The Morgan fingerprint density at radius 2 is 2.14 bits per heavy atom. The fourth-order valence-corrected chi connectivity index (χ4v) is 3.26. The lowest BCUT2D eigenvalue weighted by Gasteiger charge is -2.23. The molecule has 0 spiro atoms. The molecule has 5 heteroatoms. The van der Waals surface area contributed by atoms with E-state index in [2.05, 4.69) is 18.7 Å². The van der Waals surface area contributed by atoms with Gasteiger partial charge < -0.3 is 4.90 Å². The molecule has 1 heterocycles. The van der Waals surface area contributed by atoms with Crippen molar-refractivity contribution in [2.75, 3.05) is 18.0 Å². The minimum absolute atomic E-state index is 0.177. The van der Waals surface area contributed by atoms with Crippen molar-refractivity contribution in [2.45, 2.75) is 39.0 Å². The van der Waals surface area contributed by atoms with Gasteiger partial charge in [0.25, 0.3) is 5.69 Å². The Labute approximate surface area is 131 Å². The third kappa shape index (κ3) is 3.88. The highest BCUT2D eigenvalue weighted by Gasteiger charge is 2.24. The maximum absolute atomic E-state index is 11.3. The summed E-state index contributed by atoms with van der Waals surface area (Å²) in [6.07, 6.45) is 3.41. The Morgan fingerprint density at radius 1 is 1.38 bits per heavy atom. The van der Waals surface area contributed by atoms with Gasteiger partial charge in [-0.25, -0.2) is 0 Å². The van der Waals surface area contributed by atoms with Gasteiger partial charge in [-0.05, 0) is 42.7 Å². The highest BCUT2D eigenvalue weighted by Crippen LogP contribution is 2.33. The van der Waals surface area contributed by atoms with E-state index in [0.717, 1.165) is 43.1 Å². The van der Waals surface area contributed by atoms with Crippen LogP contribution in [-0.2, 0) is 5.88 Å². The molecule has 1 aliphatic rings. The maximum Gasteiger partial charge on any atom is 0.292 e. The van der Waals surface area contributed by atoms with E-state index in [4.69, 9.17) is 11.6 Å². The quantitative estimate of drug-likeness (QED) is 0.464. The zero-order valence-electron chi connectivity index (χ0n) is 12.7. The molecule has 1 atom stereocenters. The van der Waals surface area contributed by atoms with Crippen molar-refractivity contribution >= 4 is 23.0 Å². The van der Waals surface area contributed by atoms with E-state index in [1.54, 1.807) is 6.07 Å². The third-order valence-electron chi connectivity index (χ3n) is 4.45. The summed E-state index contributed by atoms with van der Waals surface area (Å²) in [5.74, 6) is 1.70. The summed E-state index contributed by atoms with van der Waals surface area (Å²) in [5, 5.41) is 11.3. The van der Waals surface area contributed by atoms with E-state index in [1.807, 2.05) is 12.1 Å². The number of alkyl halides is 1. The Kier molecular flexibility index (Phi) is 5.45. The van der Waals surface area contributed by atoms with Gasteiger partial charge in [0.2, 0.25) is 0 Å². The van der Waals surface area contributed by atoms with Crippen molar-refractivity contribution < 1.29 is 4.92 Å². The van der Waals surface area contributed by atoms with Gasteiger partial charge in [0.1, 0.15) is 5.69 Å². The molecular formula is C16H23ClN2O2. The molecule has 116 valence electrons. The number of halogens is 1. The smallest absolute Gasteiger partial charge is 0.292 e. The number of hydrogen-bond donors (Lipinski definition) is 0. The molecule has 0 radical (unpaired) electrons. The average Bonchev–Trinajstić information content (AvgIpc) is 2.72. The first-order valence-corrected chi connectivity index (χ1v) is 8.14. The summed E-state index contributed by atoms with van der Waals surface area (Å²) in [7, 11) is 0. The topological polar surface area (TPSA) is 46.4 Å². The van der Waals surface area contributed by atoms with Gasteiger partial charge in [0, 0.05) is 25.0 Å². The summed E-state index contributed by atoms with van der Waals surface area (Å²) < 4.78 is 0. The molecule has 1 fully saturated rings. The van der Waals surface area contributed by atoms with Crippen LogP contribution in [0.2, 0.25) is 0 Å². The molecule has 1 aromatic rings. The van der Waals surface area contributed by atoms with E-state index in [-0.39, 0.29) is 10.6 Å². The van der Waals surface area contributed by atoms with E-state index in [9.17, 15) is 10.1 Å². The minimum atomic E-state index is -0.295. The summed E-state index contributed by atoms with van der Waals surface area (Å²) in [4.78, 5) is 13.2. The molecule has 21 heavy (non-hydrogen) atoms. The Morgan fingerprint density at radius 3 is 2.76 bits per heavy atom. The van der Waals surface area contributed by atoms with Gasteiger partial charge in [-0.3, -0.25) is 10.1 Å². The van der Waals surface area contributed by atoms with Gasteiger partial charge in [-0.1, -0.05) is 19.9 Å². The van der Waals surface area contributed by atoms with Crippen molar-refractivity contribution in [2.24, 2.45) is 11.8 Å². The molecular weight excluding hydrogens is 288 g/mol. The van der Waals surface area contributed by atoms with Crippen LogP contribution in [0.1, 0.15) is 38.7 Å². The van der Waals surface area contributed by atoms with E-state index in [0.29, 0.717) is 11.8 Å². The lowest BCUT2D eigenvalue weighted by molar-refractivity contribution is -0.384. The number of anilines is 1. The van der Waals surface area contributed by atoms with Gasteiger partial charge in [0.05, 0.1) is 4.92 Å². The van der Waals surface area contributed by atoms with E-state index in [1.165, 1.54) is 6.42 Å². The Bertz CT molecular complexity index is 505. The van der Waals surface area contributed by atoms with Crippen LogP contribution in [0.4, 0.5) is 11.4 Å². The highest BCUT2D eigenvalue weighted by molar-refractivity contribution is 6.17. The summed E-state index contributed by atoms with van der Waals surface area (Å²) in [6.45, 7) is 6.31. The number of hydrogen-bond acceptors (Lipinski definition) is 3. The second-order valence-corrected chi connectivity index (χ2v) is 6.40. The predicted molar refractivity (Wildman–Crippen MR) is 87.0 cm³/mol. The third-order valence-corrected chi connectivity index (χ3v) is 4.76. The molecule has 1 unspecified atom stereocenters. The summed E-state index contributed by atoms with van der Waals surface area (Å²) in [5.41, 5.74) is 1.71. The van der Waals surface area contributed by atoms with Gasteiger partial charge in [0.15, 0.2) is 0 Å². The van der Waals surface area contributed by atoms with Crippen LogP contribution < -0.4 is 4.90 Å². The van der Waals surface area contributed by atoms with Crippen LogP contribution in [0.3, 0.4) is 0 Å². The molecule has 0 aliphatic carbocycles. The lowest BCUT2D eigenvalue weighted by atomic mass is 9.89. The van der Waals surface area contributed by atoms with Crippen molar-refractivity contribution in [1.82, 2.24) is 0 Å². The largest absolute Gasteiger partial charge is 0.366 e. The fourth-order valence-electron chi connectivity index (χ4n) is 3.10. The zero-order chi connectivity index (χ0) is 15.4. The molecule has 0 N–H and O–H groups in total. The van der Waals surface area contributed by atoms with Gasteiger partial charge in [-0.15, -0.1) is 11.6 Å². The number of benzene rings is 1. The predicted octanol–water partition coefficient (Wildman–Crippen LogP) is 4.60. The maximum atomic E-state index is 11.3. The van der Waals surface area contributed by atoms with Gasteiger partial charge in [-0.2, -0.15) is 0 Å². The van der Waals surface area contributed by atoms with Crippen LogP contribution in [0.5, 0.6) is 0 Å². The first-order valence-electron chi connectivity index (χ1n) is 7.61. The molecule has 2 rings (SSSR count). The van der Waals surface area contributed by atoms with Crippen LogP contribution >= 0.6 is 11.6 Å². The minimum Gasteiger partial charge on any atom is -0.366 e. The lowest BCUT2D eigenvalue weighted by Crippen LogP contribution is -2.25. The van der Waals surface area contributed by atoms with Gasteiger partial charge >= 0.3 is 0 Å². The Hall–Kier alpha value is -1.29. The monoisotopic (exact) mass is 310 g/mol. The van der Waals surface area contributed by atoms with Crippen LogP contribution in [0.25, 0.3) is 0 Å². The normalized spacial score (nSPS) is 19.6. The van der Waals surface area contributed by atoms with E-state index >= 15 is 0 Å². The fraction of sp³-hybridized carbons (Fsp3) is 0.625. The summed E-state index contributed by atoms with van der Waals surface area (Å²) in [6, 6.07) is 5.35. The molecule has 0 bridgehead atoms. The average molecular weight is 311 g/mol. The molecule has 0 aromatic heterocycles. The standard InChI is InChI=1S/C16H23ClN2O2/c1-12(2)14-4-3-8-18(9-7-14)15-6-5-13(11-17)10-16(15)19(20)21/h5-6,10,12,14H,3-4,7-9,11H2,1-2H3. The molecule has 0 amide bonds. The van der Waals surface area contributed by atoms with Crippen molar-refractivity contribution in [3.05, 3.63) is 33.9 Å². The van der Waals surface area contributed by atoms with Crippen LogP contribution in [0, 0.1) is 22.0 Å². The number of rotatable bonds is 4. The SMILES string of the molecule is CC(C)C1CCCN(c2ccc(CCl)cc2[N+](=O)[O-])CC1. The molecule has 0 saturated carbocycles. The van der Waals surface area contributed by atoms with Crippen LogP contribution in [-0.4, -0.2) is 18.0 Å². The zero-order valence-corrected chi connectivity index (χ0v) is 13.5. The second-order valence-electron chi connectivity index (χ2n) is 6.14. The van der Waals surface area contributed by atoms with Crippen molar-refractivity contribution in [3.63, 3.8) is 0 Å². The van der Waals surface area contributed by atoms with Crippen molar-refractivity contribution in [3.8, 4) is 0 Å². The highest BCUT2D eigenvalue weighted by atomic mass is 35.5. The first kappa shape index (κ1) is 16.1. The molecule has 1 aromatic carbocycles. The molecule has 1 saturated heterocycles. The molecule has 1 aliphatic heterocycles. The first-order chi connectivity index (χ1) is 10.0. The number of nitro groups is 1. The Balaban J connectivity index is 2.23. The van der Waals surface area contributed by atoms with Crippen molar-refractivity contribution in [1.29, 1.82) is 0 Å². The number of nitrogens with zero attached hydrogens (tertiary/aromatic N) is 2. The molecule has 4 nitrogen and oxygen atoms in total. The summed E-state index contributed by atoms with van der Waals surface area (Å²) >= 11 is 5.79. The second kappa shape index (κ2) is 7.12.